The number of aliphatic imine (C=N–C) groups is 1. The zero-order valence-corrected chi connectivity index (χ0v) is 10.8. The number of benzene rings is 1. The highest BCUT2D eigenvalue weighted by molar-refractivity contribution is 6.01. The maximum atomic E-state index is 4.66. The van der Waals surface area contributed by atoms with E-state index in [2.05, 4.69) is 36.3 Å². The van der Waals surface area contributed by atoms with Crippen LogP contribution < -0.4 is 0 Å². The lowest BCUT2D eigenvalue weighted by Gasteiger charge is -2.06. The van der Waals surface area contributed by atoms with Crippen molar-refractivity contribution in [1.29, 1.82) is 0 Å². The normalized spacial score (nSPS) is 18.6. The van der Waals surface area contributed by atoms with Crippen LogP contribution in [0.3, 0.4) is 0 Å². The predicted molar refractivity (Wildman–Crippen MR) is 77.9 cm³/mol. The molecule has 0 heterocycles. The topological polar surface area (TPSA) is 12.4 Å². The minimum Gasteiger partial charge on any atom is -0.253 e. The number of aryl methyl sites for hydroxylation is 2. The molecule has 1 aromatic rings. The second-order valence-corrected chi connectivity index (χ2v) is 5.30. The zero-order valence-electron chi connectivity index (χ0n) is 10.8. The van der Waals surface area contributed by atoms with Crippen LogP contribution in [0.1, 0.15) is 36.0 Å². The van der Waals surface area contributed by atoms with Gasteiger partial charge < -0.3 is 0 Å². The third-order valence-corrected chi connectivity index (χ3v) is 3.90. The molecule has 0 amide bonds. The monoisotopic (exact) mass is 237 g/mol. The first-order valence-electron chi connectivity index (χ1n) is 6.80. The van der Waals surface area contributed by atoms with Gasteiger partial charge in [-0.25, -0.2) is 0 Å². The molecule has 0 radical (unpaired) electrons. The Morgan fingerprint density at radius 2 is 2.00 bits per heavy atom. The molecule has 1 nitrogen and oxygen atoms in total. The smallest absolute Gasteiger partial charge is 0.0633 e. The predicted octanol–water partition coefficient (Wildman–Crippen LogP) is 4.18. The Hall–Kier alpha value is -1.63. The molecule has 2 aliphatic carbocycles. The standard InChI is InChI=1S/C17H19N/c1-3-17(14-8-9-14)18-12(2)15-10-7-13-5-4-6-16(13)11-15/h3,7,10-11,14H,1-2,4-6,8-9H2. The highest BCUT2D eigenvalue weighted by atomic mass is 14.8. The van der Waals surface area contributed by atoms with Gasteiger partial charge in [-0.3, -0.25) is 4.99 Å². The van der Waals surface area contributed by atoms with Crippen molar-refractivity contribution in [2.45, 2.75) is 32.1 Å². The highest BCUT2D eigenvalue weighted by Gasteiger charge is 2.25. The second-order valence-electron chi connectivity index (χ2n) is 5.30. The third-order valence-electron chi connectivity index (χ3n) is 3.90. The number of fused-ring (bicyclic) bond motifs is 1. The van der Waals surface area contributed by atoms with E-state index in [4.69, 9.17) is 0 Å². The minimum atomic E-state index is 0.633. The fourth-order valence-corrected chi connectivity index (χ4v) is 2.65. The molecule has 92 valence electrons. The zero-order chi connectivity index (χ0) is 12.5. The Morgan fingerprint density at radius 1 is 1.22 bits per heavy atom. The Morgan fingerprint density at radius 3 is 2.72 bits per heavy atom. The van der Waals surface area contributed by atoms with E-state index in [1.54, 1.807) is 0 Å². The molecule has 0 N–H and O–H groups in total. The van der Waals surface area contributed by atoms with Gasteiger partial charge in [0.2, 0.25) is 0 Å². The van der Waals surface area contributed by atoms with Crippen molar-refractivity contribution in [2.24, 2.45) is 10.9 Å². The molecule has 3 rings (SSSR count). The molecule has 0 aliphatic heterocycles. The Bertz CT molecular complexity index is 533. The number of nitrogens with zero attached hydrogens (tertiary/aromatic N) is 1. The summed E-state index contributed by atoms with van der Waals surface area (Å²) in [6, 6.07) is 6.66. The Balaban J connectivity index is 1.86. The van der Waals surface area contributed by atoms with Gasteiger partial charge in [0.1, 0.15) is 0 Å². The lowest BCUT2D eigenvalue weighted by molar-refractivity contribution is 0.911. The molecule has 0 spiro atoms. The van der Waals surface area contributed by atoms with E-state index in [0.717, 1.165) is 17.0 Å². The van der Waals surface area contributed by atoms with E-state index in [0.29, 0.717) is 5.92 Å². The molecule has 0 aromatic heterocycles. The van der Waals surface area contributed by atoms with Crippen molar-refractivity contribution in [2.75, 3.05) is 0 Å². The molecule has 0 atom stereocenters. The third kappa shape index (κ3) is 2.17. The van der Waals surface area contributed by atoms with Crippen LogP contribution in [-0.4, -0.2) is 5.71 Å². The van der Waals surface area contributed by atoms with E-state index >= 15 is 0 Å². The van der Waals surface area contributed by atoms with Crippen LogP contribution >= 0.6 is 0 Å². The number of rotatable bonds is 4. The summed E-state index contributed by atoms with van der Waals surface area (Å²) < 4.78 is 0. The average Bonchev–Trinajstić information content (AvgIpc) is 3.12. The van der Waals surface area contributed by atoms with Crippen LogP contribution in [0.15, 0.2) is 42.4 Å². The number of hydrogen-bond acceptors (Lipinski definition) is 1. The quantitative estimate of drug-likeness (QED) is 0.696. The summed E-state index contributed by atoms with van der Waals surface area (Å²) >= 11 is 0. The first-order chi connectivity index (χ1) is 8.78. The van der Waals surface area contributed by atoms with Gasteiger partial charge >= 0.3 is 0 Å². The van der Waals surface area contributed by atoms with Gasteiger partial charge in [-0.15, -0.1) is 0 Å². The van der Waals surface area contributed by atoms with Gasteiger partial charge in [-0.1, -0.05) is 25.3 Å². The van der Waals surface area contributed by atoms with Gasteiger partial charge in [-0.05, 0) is 60.9 Å². The fraction of sp³-hybridized carbons (Fsp3) is 0.353. The molecule has 0 saturated heterocycles. The number of allylic oxidation sites excluding steroid dienone is 1. The second kappa shape index (κ2) is 4.56. The first kappa shape index (κ1) is 11.5. The van der Waals surface area contributed by atoms with Crippen molar-refractivity contribution >= 4 is 11.4 Å². The summed E-state index contributed by atoms with van der Waals surface area (Å²) in [6.07, 6.45) is 8.11. The van der Waals surface area contributed by atoms with Crippen LogP contribution in [0.2, 0.25) is 0 Å². The summed E-state index contributed by atoms with van der Waals surface area (Å²) in [6.45, 7) is 7.97. The summed E-state index contributed by atoms with van der Waals surface area (Å²) in [5, 5.41) is 0. The van der Waals surface area contributed by atoms with E-state index in [9.17, 15) is 0 Å². The van der Waals surface area contributed by atoms with Crippen molar-refractivity contribution in [3.63, 3.8) is 0 Å². The first-order valence-corrected chi connectivity index (χ1v) is 6.80. The van der Waals surface area contributed by atoms with Gasteiger partial charge in [0.25, 0.3) is 0 Å². The van der Waals surface area contributed by atoms with Crippen molar-refractivity contribution < 1.29 is 0 Å². The van der Waals surface area contributed by atoms with Crippen LogP contribution in [-0.2, 0) is 12.8 Å². The molecule has 1 heteroatoms. The van der Waals surface area contributed by atoms with Crippen LogP contribution in [0.25, 0.3) is 5.70 Å². The molecule has 1 saturated carbocycles. The minimum absolute atomic E-state index is 0.633. The van der Waals surface area contributed by atoms with E-state index in [1.165, 1.54) is 43.2 Å². The highest BCUT2D eigenvalue weighted by Crippen LogP contribution is 2.33. The summed E-state index contributed by atoms with van der Waals surface area (Å²) in [5.41, 5.74) is 6.14. The summed E-state index contributed by atoms with van der Waals surface area (Å²) in [5.74, 6) is 0.633. The van der Waals surface area contributed by atoms with Crippen LogP contribution in [0.4, 0.5) is 0 Å². The molecule has 1 fully saturated rings. The Kier molecular flexibility index (Phi) is 2.91. The largest absolute Gasteiger partial charge is 0.253 e. The van der Waals surface area contributed by atoms with E-state index in [1.807, 2.05) is 6.08 Å². The summed E-state index contributed by atoms with van der Waals surface area (Å²) in [4.78, 5) is 4.66. The molecule has 1 aromatic carbocycles. The maximum absolute atomic E-state index is 4.66. The van der Waals surface area contributed by atoms with Gasteiger partial charge in [-0.2, -0.15) is 0 Å². The van der Waals surface area contributed by atoms with Gasteiger partial charge in [0, 0.05) is 11.6 Å². The molecule has 0 unspecified atom stereocenters. The molecule has 18 heavy (non-hydrogen) atoms. The van der Waals surface area contributed by atoms with Gasteiger partial charge in [0.05, 0.1) is 5.70 Å². The van der Waals surface area contributed by atoms with Crippen molar-refractivity contribution in [3.8, 4) is 0 Å². The van der Waals surface area contributed by atoms with Gasteiger partial charge in [0.15, 0.2) is 0 Å². The van der Waals surface area contributed by atoms with E-state index in [-0.39, 0.29) is 0 Å². The summed E-state index contributed by atoms with van der Waals surface area (Å²) in [7, 11) is 0. The van der Waals surface area contributed by atoms with E-state index < -0.39 is 0 Å². The maximum Gasteiger partial charge on any atom is 0.0633 e. The van der Waals surface area contributed by atoms with Crippen molar-refractivity contribution in [1.82, 2.24) is 0 Å². The molecule has 2 aliphatic rings. The SMILES string of the molecule is C=CC(=NC(=C)c1ccc2c(c1)CCC2)C1CC1. The van der Waals surface area contributed by atoms with Crippen molar-refractivity contribution in [3.05, 3.63) is 54.1 Å². The lowest BCUT2D eigenvalue weighted by atomic mass is 10.0. The lowest BCUT2D eigenvalue weighted by Crippen LogP contribution is -1.96. The van der Waals surface area contributed by atoms with Crippen LogP contribution in [0, 0.1) is 5.92 Å². The average molecular weight is 237 g/mol. The van der Waals surface area contributed by atoms with Crippen LogP contribution in [0.5, 0.6) is 0 Å². The molecular weight excluding hydrogens is 218 g/mol. The Labute approximate surface area is 109 Å². The molecule has 0 bridgehead atoms. The number of hydrogen-bond donors (Lipinski definition) is 0. The fourth-order valence-electron chi connectivity index (χ4n) is 2.65. The molecular formula is C17H19N.